The van der Waals surface area contributed by atoms with Crippen LogP contribution in [0.1, 0.15) is 88.3 Å². The molecule has 0 amide bonds. The van der Waals surface area contributed by atoms with E-state index in [1.54, 1.807) is 13.8 Å². The summed E-state index contributed by atoms with van der Waals surface area (Å²) in [5.41, 5.74) is 8.53. The summed E-state index contributed by atoms with van der Waals surface area (Å²) in [4.78, 5) is 24.0. The van der Waals surface area contributed by atoms with Gasteiger partial charge in [0.25, 0.3) is 0 Å². The fraction of sp³-hybridized carbons (Fsp3) is 0.455. The SMILES string of the molecule is C=C(C)C(=O)OCCCc1cc(-c2ccc(-c3ccc(C4CCC(C)CC4)cc3)cc2)cc(CCCOC(=O)C(=C)C)c1OCCC(CO)CO. The molecule has 0 radical (unpaired) electrons. The number of ether oxygens (including phenoxy) is 3. The summed E-state index contributed by atoms with van der Waals surface area (Å²) in [6.07, 6.45) is 8.01. The van der Waals surface area contributed by atoms with Gasteiger partial charge in [0.1, 0.15) is 5.75 Å². The van der Waals surface area contributed by atoms with Gasteiger partial charge in [-0.3, -0.25) is 0 Å². The van der Waals surface area contributed by atoms with Crippen molar-refractivity contribution in [3.63, 3.8) is 0 Å². The normalized spacial score (nSPS) is 15.7. The van der Waals surface area contributed by atoms with E-state index in [2.05, 4.69) is 80.7 Å². The predicted octanol–water partition coefficient (Wildman–Crippen LogP) is 8.79. The Balaban J connectivity index is 1.60. The first-order chi connectivity index (χ1) is 24.6. The van der Waals surface area contributed by atoms with Gasteiger partial charge in [0.05, 0.1) is 19.8 Å². The van der Waals surface area contributed by atoms with Crippen molar-refractivity contribution in [2.45, 2.75) is 84.5 Å². The Bertz CT molecular complexity index is 1540. The highest BCUT2D eigenvalue weighted by Crippen LogP contribution is 2.37. The van der Waals surface area contributed by atoms with E-state index in [4.69, 9.17) is 14.2 Å². The van der Waals surface area contributed by atoms with Crippen LogP contribution in [0.25, 0.3) is 22.3 Å². The van der Waals surface area contributed by atoms with Gasteiger partial charge in [-0.1, -0.05) is 81.5 Å². The smallest absolute Gasteiger partial charge is 0.333 e. The van der Waals surface area contributed by atoms with Crippen LogP contribution in [0.5, 0.6) is 5.75 Å². The van der Waals surface area contributed by atoms with Gasteiger partial charge in [-0.15, -0.1) is 0 Å². The predicted molar refractivity (Wildman–Crippen MR) is 204 cm³/mol. The van der Waals surface area contributed by atoms with Crippen molar-refractivity contribution in [3.05, 3.63) is 102 Å². The topological polar surface area (TPSA) is 102 Å². The van der Waals surface area contributed by atoms with Crippen LogP contribution >= 0.6 is 0 Å². The van der Waals surface area contributed by atoms with Crippen molar-refractivity contribution < 1.29 is 34.0 Å². The molecule has 0 aliphatic heterocycles. The number of hydrogen-bond acceptors (Lipinski definition) is 7. The summed E-state index contributed by atoms with van der Waals surface area (Å²) in [5, 5.41) is 19.2. The molecule has 0 unspecified atom stereocenters. The van der Waals surface area contributed by atoms with Crippen LogP contribution in [0.3, 0.4) is 0 Å². The second-order valence-corrected chi connectivity index (χ2v) is 14.2. The van der Waals surface area contributed by atoms with Crippen LogP contribution < -0.4 is 4.74 Å². The highest BCUT2D eigenvalue weighted by Gasteiger charge is 2.20. The maximum absolute atomic E-state index is 12.0. The van der Waals surface area contributed by atoms with Crippen molar-refractivity contribution in [2.24, 2.45) is 11.8 Å². The third kappa shape index (κ3) is 11.9. The molecular formula is C44H56O7. The third-order valence-electron chi connectivity index (χ3n) is 9.83. The number of hydrogen-bond donors (Lipinski definition) is 2. The van der Waals surface area contributed by atoms with Gasteiger partial charge in [-0.05, 0) is 122 Å². The van der Waals surface area contributed by atoms with Gasteiger partial charge < -0.3 is 24.4 Å². The number of rotatable bonds is 19. The molecule has 3 aromatic carbocycles. The second-order valence-electron chi connectivity index (χ2n) is 14.2. The Morgan fingerprint density at radius 1 is 0.706 bits per heavy atom. The first-order valence-electron chi connectivity index (χ1n) is 18.5. The maximum Gasteiger partial charge on any atom is 0.333 e. The average Bonchev–Trinajstić information content (AvgIpc) is 3.14. The minimum Gasteiger partial charge on any atom is -0.493 e. The second kappa shape index (κ2) is 20.0. The Morgan fingerprint density at radius 3 is 1.61 bits per heavy atom. The Kier molecular flexibility index (Phi) is 15.5. The summed E-state index contributed by atoms with van der Waals surface area (Å²) in [5.74, 6) is 1.13. The summed E-state index contributed by atoms with van der Waals surface area (Å²) in [6.45, 7) is 13.5. The molecule has 0 atom stereocenters. The van der Waals surface area contributed by atoms with E-state index in [1.807, 2.05) is 0 Å². The van der Waals surface area contributed by atoms with E-state index >= 15 is 0 Å². The number of esters is 2. The molecule has 3 aromatic rings. The van der Waals surface area contributed by atoms with Gasteiger partial charge in [-0.2, -0.15) is 0 Å². The number of benzene rings is 3. The van der Waals surface area contributed by atoms with Gasteiger partial charge in [-0.25, -0.2) is 9.59 Å². The molecule has 1 aliphatic rings. The summed E-state index contributed by atoms with van der Waals surface area (Å²) >= 11 is 0. The van der Waals surface area contributed by atoms with Crippen LogP contribution in [0.2, 0.25) is 0 Å². The molecule has 2 N–H and O–H groups in total. The monoisotopic (exact) mass is 696 g/mol. The molecule has 274 valence electrons. The summed E-state index contributed by atoms with van der Waals surface area (Å²) < 4.78 is 17.2. The van der Waals surface area contributed by atoms with Crippen molar-refractivity contribution >= 4 is 11.9 Å². The lowest BCUT2D eigenvalue weighted by Crippen LogP contribution is -2.16. The van der Waals surface area contributed by atoms with Gasteiger partial charge in [0, 0.05) is 30.3 Å². The van der Waals surface area contributed by atoms with Crippen molar-refractivity contribution in [2.75, 3.05) is 33.0 Å². The van der Waals surface area contributed by atoms with E-state index in [0.717, 1.165) is 39.5 Å². The Labute approximate surface area is 304 Å². The molecule has 0 bridgehead atoms. The quantitative estimate of drug-likeness (QED) is 0.0734. The minimum atomic E-state index is -0.414. The van der Waals surface area contributed by atoms with E-state index < -0.39 is 11.9 Å². The fourth-order valence-corrected chi connectivity index (χ4v) is 6.54. The zero-order valence-electron chi connectivity index (χ0n) is 30.8. The lowest BCUT2D eigenvalue weighted by atomic mass is 9.79. The van der Waals surface area contributed by atoms with Crippen LogP contribution in [-0.2, 0) is 31.9 Å². The molecular weight excluding hydrogens is 640 g/mol. The van der Waals surface area contributed by atoms with Crippen molar-refractivity contribution in [1.82, 2.24) is 0 Å². The van der Waals surface area contributed by atoms with Crippen LogP contribution in [0.4, 0.5) is 0 Å². The molecule has 51 heavy (non-hydrogen) atoms. The first-order valence-corrected chi connectivity index (χ1v) is 18.5. The largest absolute Gasteiger partial charge is 0.493 e. The molecule has 0 heterocycles. The molecule has 0 aromatic heterocycles. The zero-order valence-corrected chi connectivity index (χ0v) is 30.8. The van der Waals surface area contributed by atoms with E-state index in [0.29, 0.717) is 55.8 Å². The van der Waals surface area contributed by atoms with E-state index in [1.165, 1.54) is 36.8 Å². The number of carbonyl (C=O) groups is 2. The zero-order chi connectivity index (χ0) is 36.8. The number of carbonyl (C=O) groups excluding carboxylic acids is 2. The lowest BCUT2D eigenvalue weighted by molar-refractivity contribution is -0.139. The molecule has 0 spiro atoms. The molecule has 1 fully saturated rings. The van der Waals surface area contributed by atoms with Crippen molar-refractivity contribution in [1.29, 1.82) is 0 Å². The Hall–Kier alpha value is -4.20. The van der Waals surface area contributed by atoms with Crippen LogP contribution in [0.15, 0.2) is 85.0 Å². The highest BCUT2D eigenvalue weighted by molar-refractivity contribution is 5.87. The highest BCUT2D eigenvalue weighted by atomic mass is 16.5. The summed E-state index contributed by atoms with van der Waals surface area (Å²) in [6, 6.07) is 21.9. The van der Waals surface area contributed by atoms with Gasteiger partial charge in [0.15, 0.2) is 0 Å². The van der Waals surface area contributed by atoms with Gasteiger partial charge in [0.2, 0.25) is 0 Å². The number of aryl methyl sites for hydroxylation is 2. The van der Waals surface area contributed by atoms with Crippen LogP contribution in [-0.4, -0.2) is 55.2 Å². The van der Waals surface area contributed by atoms with Gasteiger partial charge >= 0.3 is 11.9 Å². The molecule has 1 saturated carbocycles. The molecule has 7 nitrogen and oxygen atoms in total. The molecule has 0 saturated heterocycles. The van der Waals surface area contributed by atoms with E-state index in [9.17, 15) is 19.8 Å². The van der Waals surface area contributed by atoms with Crippen molar-refractivity contribution in [3.8, 4) is 28.0 Å². The molecule has 4 rings (SSSR count). The fourth-order valence-electron chi connectivity index (χ4n) is 6.54. The molecule has 7 heteroatoms. The maximum atomic E-state index is 12.0. The summed E-state index contributed by atoms with van der Waals surface area (Å²) in [7, 11) is 0. The standard InChI is InChI=1S/C44H56O7/c1-30(2)43(47)50-23-6-8-39-26-41(27-40(9-7-24-51-44(48)31(3)4)42(39)49-25-22-33(28-45)29-46)38-20-18-37(19-21-38)36-16-14-35(15-17-36)34-12-10-32(5)11-13-34/h14-21,26-27,32-34,45-46H,1,3,6-13,22-25,28-29H2,2,4-5H3. The number of aliphatic hydroxyl groups excluding tert-OH is 2. The van der Waals surface area contributed by atoms with Crippen LogP contribution in [0, 0.1) is 11.8 Å². The Morgan fingerprint density at radius 2 is 1.16 bits per heavy atom. The lowest BCUT2D eigenvalue weighted by Gasteiger charge is -2.26. The molecule has 1 aliphatic carbocycles. The van der Waals surface area contributed by atoms with E-state index in [-0.39, 0.29) is 32.3 Å². The third-order valence-corrected chi connectivity index (χ3v) is 9.83. The number of aliphatic hydroxyl groups is 2. The minimum absolute atomic E-state index is 0.124. The average molecular weight is 697 g/mol. The first kappa shape index (κ1) is 39.6.